The summed E-state index contributed by atoms with van der Waals surface area (Å²) in [6.45, 7) is 0. The van der Waals surface area contributed by atoms with Gasteiger partial charge in [-0.2, -0.15) is 0 Å². The fourth-order valence-corrected chi connectivity index (χ4v) is 1.55. The summed E-state index contributed by atoms with van der Waals surface area (Å²) in [6, 6.07) is 3.41. The summed E-state index contributed by atoms with van der Waals surface area (Å²) in [5, 5.41) is 15.8. The Labute approximate surface area is 113 Å². The summed E-state index contributed by atoms with van der Waals surface area (Å²) in [4.78, 5) is 11.9. The number of nitrogen functional groups attached to an aromatic ring is 2. The van der Waals surface area contributed by atoms with Gasteiger partial charge >= 0.3 is 0 Å². The molecule has 3 aromatic rings. The Kier molecular flexibility index (Phi) is 2.84. The van der Waals surface area contributed by atoms with Crippen LogP contribution >= 0.6 is 0 Å². The lowest BCUT2D eigenvalue weighted by molar-refractivity contribution is 0.865. The van der Waals surface area contributed by atoms with Gasteiger partial charge in [-0.3, -0.25) is 4.98 Å². The molecule has 3 rings (SSSR count). The number of hydrogen-bond acceptors (Lipinski definition) is 9. The molecule has 0 atom stereocenters. The van der Waals surface area contributed by atoms with Gasteiger partial charge in [-0.1, -0.05) is 0 Å². The van der Waals surface area contributed by atoms with Gasteiger partial charge in [0.25, 0.3) is 0 Å². The average Bonchev–Trinajstić information content (AvgIpc) is 2.49. The summed E-state index contributed by atoms with van der Waals surface area (Å²) in [6.07, 6.45) is 4.39. The quantitative estimate of drug-likeness (QED) is 0.653. The molecule has 0 aromatic carbocycles. The van der Waals surface area contributed by atoms with E-state index in [0.29, 0.717) is 22.8 Å². The van der Waals surface area contributed by atoms with E-state index in [4.69, 9.17) is 11.5 Å². The lowest BCUT2D eigenvalue weighted by Crippen LogP contribution is -2.04. The molecule has 3 aromatic heterocycles. The Bertz CT molecular complexity index is 676. The van der Waals surface area contributed by atoms with Crippen LogP contribution in [0.3, 0.4) is 0 Å². The molecule has 0 bridgehead atoms. The predicted molar refractivity (Wildman–Crippen MR) is 70.7 cm³/mol. The third-order valence-electron chi connectivity index (χ3n) is 2.48. The van der Waals surface area contributed by atoms with E-state index < -0.39 is 0 Å². The molecule has 3 heterocycles. The van der Waals surface area contributed by atoms with E-state index in [9.17, 15) is 0 Å². The smallest absolute Gasteiger partial charge is 0.224 e. The van der Waals surface area contributed by atoms with Gasteiger partial charge in [-0.15, -0.1) is 20.4 Å². The molecule has 0 aliphatic heterocycles. The lowest BCUT2D eigenvalue weighted by Gasteiger charge is -2.03. The minimum absolute atomic E-state index is 0.211. The van der Waals surface area contributed by atoms with Crippen LogP contribution in [0.25, 0.3) is 23.0 Å². The number of nitrogens with two attached hydrogens (primary N) is 2. The van der Waals surface area contributed by atoms with Crippen molar-refractivity contribution in [2.75, 3.05) is 11.5 Å². The molecule has 98 valence electrons. The van der Waals surface area contributed by atoms with Crippen LogP contribution in [0, 0.1) is 0 Å². The highest BCUT2D eigenvalue weighted by molar-refractivity contribution is 5.67. The SMILES string of the molecule is Nc1cccnc1-c1nnc(-c2ncncc2N)nn1. The molecule has 0 unspecified atom stereocenters. The number of pyridine rings is 1. The zero-order valence-corrected chi connectivity index (χ0v) is 10.2. The predicted octanol–water partition coefficient (Wildman–Crippen LogP) is -0.0500. The highest BCUT2D eigenvalue weighted by Gasteiger charge is 2.12. The van der Waals surface area contributed by atoms with Gasteiger partial charge in [0.2, 0.25) is 11.6 Å². The van der Waals surface area contributed by atoms with Gasteiger partial charge in [-0.25, -0.2) is 9.97 Å². The second-order valence-corrected chi connectivity index (χ2v) is 3.82. The fourth-order valence-electron chi connectivity index (χ4n) is 1.55. The molecule has 0 aliphatic rings. The zero-order valence-electron chi connectivity index (χ0n) is 10.2. The fraction of sp³-hybridized carbons (Fsp3) is 0. The maximum atomic E-state index is 5.79. The van der Waals surface area contributed by atoms with Crippen molar-refractivity contribution in [3.05, 3.63) is 30.9 Å². The number of nitrogens with zero attached hydrogens (tertiary/aromatic N) is 7. The van der Waals surface area contributed by atoms with Crippen molar-refractivity contribution < 1.29 is 0 Å². The van der Waals surface area contributed by atoms with E-state index in [2.05, 4.69) is 35.3 Å². The molecular formula is C11H9N9. The first-order valence-electron chi connectivity index (χ1n) is 5.60. The first-order chi connectivity index (χ1) is 9.75. The zero-order chi connectivity index (χ0) is 13.9. The lowest BCUT2D eigenvalue weighted by atomic mass is 10.3. The van der Waals surface area contributed by atoms with Gasteiger partial charge < -0.3 is 11.5 Å². The highest BCUT2D eigenvalue weighted by Crippen LogP contribution is 2.20. The topological polar surface area (TPSA) is 142 Å². The van der Waals surface area contributed by atoms with Gasteiger partial charge in [0.05, 0.1) is 17.6 Å². The van der Waals surface area contributed by atoms with E-state index in [0.717, 1.165) is 0 Å². The van der Waals surface area contributed by atoms with Crippen molar-refractivity contribution >= 4 is 11.4 Å². The Balaban J connectivity index is 2.01. The van der Waals surface area contributed by atoms with E-state index in [-0.39, 0.29) is 11.6 Å². The Morgan fingerprint density at radius 3 is 2.05 bits per heavy atom. The molecule has 0 fully saturated rings. The van der Waals surface area contributed by atoms with E-state index in [1.54, 1.807) is 18.3 Å². The standard InChI is InChI=1S/C11H9N9/c12-6-2-1-3-15-8(6)10-17-19-11(20-18-10)9-7(13)4-14-5-16-9/h1-5H,12-13H2. The van der Waals surface area contributed by atoms with Crippen LogP contribution in [0.2, 0.25) is 0 Å². The molecule has 0 saturated carbocycles. The van der Waals surface area contributed by atoms with Crippen LogP contribution in [0.15, 0.2) is 30.9 Å². The van der Waals surface area contributed by atoms with Crippen LogP contribution in [0.1, 0.15) is 0 Å². The van der Waals surface area contributed by atoms with Gasteiger partial charge in [0.1, 0.15) is 17.7 Å². The molecule has 9 nitrogen and oxygen atoms in total. The highest BCUT2D eigenvalue weighted by atomic mass is 15.3. The molecule has 0 aliphatic carbocycles. The van der Waals surface area contributed by atoms with Crippen molar-refractivity contribution in [1.82, 2.24) is 35.3 Å². The van der Waals surface area contributed by atoms with Crippen molar-refractivity contribution in [1.29, 1.82) is 0 Å². The first-order valence-corrected chi connectivity index (χ1v) is 5.60. The number of anilines is 2. The average molecular weight is 267 g/mol. The maximum Gasteiger partial charge on any atom is 0.224 e. The molecule has 0 saturated heterocycles. The Morgan fingerprint density at radius 1 is 0.800 bits per heavy atom. The Morgan fingerprint density at radius 2 is 1.45 bits per heavy atom. The van der Waals surface area contributed by atoms with E-state index in [1.807, 2.05) is 0 Å². The van der Waals surface area contributed by atoms with Crippen molar-refractivity contribution in [3.8, 4) is 23.0 Å². The molecule has 0 radical (unpaired) electrons. The third kappa shape index (κ3) is 2.07. The largest absolute Gasteiger partial charge is 0.397 e. The summed E-state index contributed by atoms with van der Waals surface area (Å²) in [5.74, 6) is 0.447. The maximum absolute atomic E-state index is 5.79. The molecule has 9 heteroatoms. The summed E-state index contributed by atoms with van der Waals surface area (Å²) >= 11 is 0. The van der Waals surface area contributed by atoms with Crippen molar-refractivity contribution in [2.24, 2.45) is 0 Å². The summed E-state index contributed by atoms with van der Waals surface area (Å²) in [5.41, 5.74) is 13.1. The van der Waals surface area contributed by atoms with Gasteiger partial charge in [0.15, 0.2) is 0 Å². The minimum Gasteiger partial charge on any atom is -0.397 e. The van der Waals surface area contributed by atoms with Crippen molar-refractivity contribution in [3.63, 3.8) is 0 Å². The normalized spacial score (nSPS) is 10.4. The first kappa shape index (κ1) is 11.8. The van der Waals surface area contributed by atoms with Crippen LogP contribution < -0.4 is 11.5 Å². The molecule has 0 amide bonds. The third-order valence-corrected chi connectivity index (χ3v) is 2.48. The number of hydrogen-bond donors (Lipinski definition) is 2. The molecular weight excluding hydrogens is 258 g/mol. The molecule has 20 heavy (non-hydrogen) atoms. The van der Waals surface area contributed by atoms with Crippen LogP contribution in [-0.4, -0.2) is 35.3 Å². The van der Waals surface area contributed by atoms with E-state index >= 15 is 0 Å². The van der Waals surface area contributed by atoms with E-state index in [1.165, 1.54) is 12.5 Å². The van der Waals surface area contributed by atoms with Crippen molar-refractivity contribution in [2.45, 2.75) is 0 Å². The summed E-state index contributed by atoms with van der Waals surface area (Å²) < 4.78 is 0. The molecule has 4 N–H and O–H groups in total. The van der Waals surface area contributed by atoms with Gasteiger partial charge in [0, 0.05) is 6.20 Å². The Hall–Kier alpha value is -3.23. The van der Waals surface area contributed by atoms with Crippen LogP contribution in [-0.2, 0) is 0 Å². The second kappa shape index (κ2) is 4.80. The summed E-state index contributed by atoms with van der Waals surface area (Å²) in [7, 11) is 0. The molecule has 0 spiro atoms. The number of aromatic nitrogens is 7. The van der Waals surface area contributed by atoms with Gasteiger partial charge in [-0.05, 0) is 12.1 Å². The van der Waals surface area contributed by atoms with Crippen LogP contribution in [0.4, 0.5) is 11.4 Å². The minimum atomic E-state index is 0.211. The monoisotopic (exact) mass is 267 g/mol. The van der Waals surface area contributed by atoms with Crippen LogP contribution in [0.5, 0.6) is 0 Å². The second-order valence-electron chi connectivity index (χ2n) is 3.82. The number of rotatable bonds is 2.